The molecule has 2 saturated heterocycles. The molecule has 0 saturated carbocycles. The summed E-state index contributed by atoms with van der Waals surface area (Å²) in [7, 11) is 0. The molecule has 0 aliphatic carbocycles. The second kappa shape index (κ2) is 8.13. The largest absolute Gasteiger partial charge is 0.341 e. The van der Waals surface area contributed by atoms with E-state index < -0.39 is 0 Å². The Morgan fingerprint density at radius 3 is 2.62 bits per heavy atom. The van der Waals surface area contributed by atoms with Gasteiger partial charge in [0, 0.05) is 25.3 Å². The number of piperidine rings is 1. The first-order valence-corrected chi connectivity index (χ1v) is 11.0. The molecular weight excluding hydrogens is 366 g/mol. The molecule has 0 spiro atoms. The molecule has 2 aromatic rings. The predicted octanol–water partition coefficient (Wildman–Crippen LogP) is 3.33. The summed E-state index contributed by atoms with van der Waals surface area (Å²) in [5.41, 5.74) is 2.16. The van der Waals surface area contributed by atoms with Crippen LogP contribution in [-0.2, 0) is 4.79 Å². The minimum absolute atomic E-state index is 0.0681. The molecule has 2 aromatic heterocycles. The SMILES string of the molecule is CC[C@H](C)n1ncc2c(C(=O)N3CCCC[C@H]3C(=O)N3CCCC3)cc(C)nc21. The number of aryl methyl sites for hydroxylation is 1. The van der Waals surface area contributed by atoms with Gasteiger partial charge in [-0.15, -0.1) is 0 Å². The zero-order valence-corrected chi connectivity index (χ0v) is 17.7. The maximum absolute atomic E-state index is 13.6. The molecule has 0 unspecified atom stereocenters. The summed E-state index contributed by atoms with van der Waals surface area (Å²) in [5.74, 6) is 0.0503. The fraction of sp³-hybridized carbons (Fsp3) is 0.636. The van der Waals surface area contributed by atoms with Gasteiger partial charge in [0.25, 0.3) is 5.91 Å². The average molecular weight is 398 g/mol. The Bertz CT molecular complexity index is 915. The first-order valence-electron chi connectivity index (χ1n) is 11.0. The Morgan fingerprint density at radius 1 is 1.17 bits per heavy atom. The van der Waals surface area contributed by atoms with Gasteiger partial charge < -0.3 is 9.80 Å². The highest BCUT2D eigenvalue weighted by molar-refractivity contribution is 6.07. The van der Waals surface area contributed by atoms with E-state index in [9.17, 15) is 9.59 Å². The number of nitrogens with zero attached hydrogens (tertiary/aromatic N) is 5. The highest BCUT2D eigenvalue weighted by atomic mass is 16.2. The number of fused-ring (bicyclic) bond motifs is 1. The van der Waals surface area contributed by atoms with Gasteiger partial charge in [-0.3, -0.25) is 9.59 Å². The van der Waals surface area contributed by atoms with Crippen molar-refractivity contribution in [3.8, 4) is 0 Å². The van der Waals surface area contributed by atoms with Crippen LogP contribution in [0.3, 0.4) is 0 Å². The van der Waals surface area contributed by atoms with Crippen molar-refractivity contribution < 1.29 is 9.59 Å². The maximum Gasteiger partial charge on any atom is 0.255 e. The minimum atomic E-state index is -0.345. The van der Waals surface area contributed by atoms with E-state index in [2.05, 4.69) is 23.9 Å². The summed E-state index contributed by atoms with van der Waals surface area (Å²) in [6, 6.07) is 1.71. The van der Waals surface area contributed by atoms with Crippen molar-refractivity contribution in [2.24, 2.45) is 0 Å². The van der Waals surface area contributed by atoms with E-state index in [1.165, 1.54) is 0 Å². The fourth-order valence-electron chi connectivity index (χ4n) is 4.55. The van der Waals surface area contributed by atoms with Crippen LogP contribution >= 0.6 is 0 Å². The number of carbonyl (C=O) groups excluding carboxylic acids is 2. The molecular formula is C22H31N5O2. The van der Waals surface area contributed by atoms with Crippen LogP contribution in [0.2, 0.25) is 0 Å². The van der Waals surface area contributed by atoms with E-state index in [0.717, 1.165) is 68.3 Å². The molecule has 0 radical (unpaired) electrons. The van der Waals surface area contributed by atoms with Crippen LogP contribution in [0.4, 0.5) is 0 Å². The molecule has 2 fully saturated rings. The standard InChI is InChI=1S/C22H31N5O2/c1-4-16(3)27-20-18(14-23-27)17(13-15(2)24-20)21(28)26-12-6-5-9-19(26)22(29)25-10-7-8-11-25/h13-14,16,19H,4-12H2,1-3H3/t16-,19-/m0/s1. The van der Waals surface area contributed by atoms with Gasteiger partial charge in [-0.25, -0.2) is 9.67 Å². The molecule has 29 heavy (non-hydrogen) atoms. The van der Waals surface area contributed by atoms with Gasteiger partial charge in [-0.1, -0.05) is 6.92 Å². The topological polar surface area (TPSA) is 71.3 Å². The second-order valence-electron chi connectivity index (χ2n) is 8.44. The highest BCUT2D eigenvalue weighted by Gasteiger charge is 2.36. The molecule has 0 N–H and O–H groups in total. The molecule has 7 nitrogen and oxygen atoms in total. The number of likely N-dealkylation sites (tertiary alicyclic amines) is 2. The normalized spacial score (nSPS) is 21.0. The van der Waals surface area contributed by atoms with Gasteiger partial charge in [0.1, 0.15) is 6.04 Å². The van der Waals surface area contributed by atoms with E-state index in [-0.39, 0.29) is 23.9 Å². The number of amides is 2. The highest BCUT2D eigenvalue weighted by Crippen LogP contribution is 2.27. The van der Waals surface area contributed by atoms with Crippen LogP contribution < -0.4 is 0 Å². The summed E-state index contributed by atoms with van der Waals surface area (Å²) in [4.78, 5) is 35.2. The van der Waals surface area contributed by atoms with E-state index in [1.807, 2.05) is 22.6 Å². The maximum atomic E-state index is 13.6. The first-order chi connectivity index (χ1) is 14.0. The van der Waals surface area contributed by atoms with Gasteiger partial charge in [0.05, 0.1) is 23.2 Å². The van der Waals surface area contributed by atoms with Gasteiger partial charge in [-0.2, -0.15) is 5.10 Å². The summed E-state index contributed by atoms with van der Waals surface area (Å²) in [5, 5.41) is 5.30. The molecule has 7 heteroatoms. The quantitative estimate of drug-likeness (QED) is 0.793. The Labute approximate surface area is 172 Å². The Kier molecular flexibility index (Phi) is 5.56. The third-order valence-electron chi connectivity index (χ3n) is 6.40. The number of aromatic nitrogens is 3. The molecule has 2 amide bonds. The smallest absolute Gasteiger partial charge is 0.255 e. The number of rotatable bonds is 4. The Hall–Kier alpha value is -2.44. The van der Waals surface area contributed by atoms with E-state index in [4.69, 9.17) is 0 Å². The van der Waals surface area contributed by atoms with Crippen molar-refractivity contribution in [2.45, 2.75) is 71.4 Å². The van der Waals surface area contributed by atoms with Gasteiger partial charge >= 0.3 is 0 Å². The third-order valence-corrected chi connectivity index (χ3v) is 6.40. The second-order valence-corrected chi connectivity index (χ2v) is 8.44. The summed E-state index contributed by atoms with van der Waals surface area (Å²) in [6.45, 7) is 8.39. The number of hydrogen-bond donors (Lipinski definition) is 0. The summed E-state index contributed by atoms with van der Waals surface area (Å²) in [6.07, 6.45) is 7.49. The third kappa shape index (κ3) is 3.63. The van der Waals surface area contributed by atoms with Crippen LogP contribution in [0.1, 0.15) is 74.5 Å². The van der Waals surface area contributed by atoms with Crippen LogP contribution in [-0.4, -0.2) is 62.1 Å². The molecule has 4 rings (SSSR count). The molecule has 0 bridgehead atoms. The monoisotopic (exact) mass is 397 g/mol. The number of pyridine rings is 1. The van der Waals surface area contributed by atoms with Crippen LogP contribution in [0.5, 0.6) is 0 Å². The van der Waals surface area contributed by atoms with Crippen molar-refractivity contribution in [2.75, 3.05) is 19.6 Å². The van der Waals surface area contributed by atoms with Crippen LogP contribution in [0, 0.1) is 6.92 Å². The first kappa shape index (κ1) is 19.9. The predicted molar refractivity (Wildman–Crippen MR) is 112 cm³/mol. The van der Waals surface area contributed by atoms with Crippen molar-refractivity contribution in [1.29, 1.82) is 0 Å². The lowest BCUT2D eigenvalue weighted by Gasteiger charge is -2.37. The lowest BCUT2D eigenvalue weighted by molar-refractivity contribution is -0.136. The van der Waals surface area contributed by atoms with Gasteiger partial charge in [0.15, 0.2) is 5.65 Å². The van der Waals surface area contributed by atoms with Crippen molar-refractivity contribution in [3.05, 3.63) is 23.5 Å². The van der Waals surface area contributed by atoms with E-state index in [0.29, 0.717) is 12.1 Å². The summed E-state index contributed by atoms with van der Waals surface area (Å²) >= 11 is 0. The molecule has 4 heterocycles. The molecule has 2 aliphatic rings. The van der Waals surface area contributed by atoms with Gasteiger partial charge in [-0.05, 0) is 58.4 Å². The zero-order valence-electron chi connectivity index (χ0n) is 17.7. The minimum Gasteiger partial charge on any atom is -0.341 e. The van der Waals surface area contributed by atoms with Crippen molar-refractivity contribution in [1.82, 2.24) is 24.6 Å². The lowest BCUT2D eigenvalue weighted by atomic mass is 9.99. The Morgan fingerprint density at radius 2 is 1.90 bits per heavy atom. The zero-order chi connectivity index (χ0) is 20.5. The molecule has 2 atom stereocenters. The number of carbonyl (C=O) groups is 2. The van der Waals surface area contributed by atoms with Crippen LogP contribution in [0.15, 0.2) is 12.3 Å². The fourth-order valence-corrected chi connectivity index (χ4v) is 4.55. The lowest BCUT2D eigenvalue weighted by Crippen LogP contribution is -2.52. The summed E-state index contributed by atoms with van der Waals surface area (Å²) < 4.78 is 1.90. The molecule has 0 aromatic carbocycles. The van der Waals surface area contributed by atoms with Gasteiger partial charge in [0.2, 0.25) is 5.91 Å². The molecule has 156 valence electrons. The van der Waals surface area contributed by atoms with E-state index >= 15 is 0 Å². The average Bonchev–Trinajstić information content (AvgIpc) is 3.41. The number of hydrogen-bond acceptors (Lipinski definition) is 4. The van der Waals surface area contributed by atoms with Crippen molar-refractivity contribution >= 4 is 22.8 Å². The van der Waals surface area contributed by atoms with Crippen LogP contribution in [0.25, 0.3) is 11.0 Å². The Balaban J connectivity index is 1.69. The molecule has 2 aliphatic heterocycles. The van der Waals surface area contributed by atoms with Crippen molar-refractivity contribution in [3.63, 3.8) is 0 Å². The van der Waals surface area contributed by atoms with E-state index in [1.54, 1.807) is 11.1 Å².